The van der Waals surface area contributed by atoms with E-state index in [-0.39, 0.29) is 0 Å². The number of ether oxygens (including phenoxy) is 1. The van der Waals surface area contributed by atoms with Gasteiger partial charge in [0.25, 0.3) is 0 Å². The fourth-order valence-corrected chi connectivity index (χ4v) is 3.49. The van der Waals surface area contributed by atoms with Crippen molar-refractivity contribution in [2.75, 3.05) is 19.8 Å². The summed E-state index contributed by atoms with van der Waals surface area (Å²) in [6.45, 7) is 4.80. The zero-order valence-corrected chi connectivity index (χ0v) is 15.3. The van der Waals surface area contributed by atoms with Gasteiger partial charge < -0.3 is 15.2 Å². The SMILES string of the molecule is CCCCCCCCOCC(O)CNCc1cc(Br)cs1. The zero-order valence-electron chi connectivity index (χ0n) is 12.9. The first kappa shape index (κ1) is 19.1. The van der Waals surface area contributed by atoms with Gasteiger partial charge in [0.2, 0.25) is 0 Å². The summed E-state index contributed by atoms with van der Waals surface area (Å²) in [6, 6.07) is 2.10. The van der Waals surface area contributed by atoms with Crippen LogP contribution in [0.2, 0.25) is 0 Å². The number of unbranched alkanes of at least 4 members (excludes halogenated alkanes) is 5. The molecular formula is C16H28BrNO2S. The minimum absolute atomic E-state index is 0.423. The summed E-state index contributed by atoms with van der Waals surface area (Å²) in [7, 11) is 0. The Balaban J connectivity index is 1.88. The Bertz CT molecular complexity index is 360. The first-order valence-corrected chi connectivity index (χ1v) is 9.59. The molecule has 0 bridgehead atoms. The number of thiophene rings is 1. The maximum atomic E-state index is 9.81. The predicted octanol–water partition coefficient (Wildman–Crippen LogP) is 4.34. The molecular weight excluding hydrogens is 350 g/mol. The second-order valence-corrected chi connectivity index (χ2v) is 7.27. The third kappa shape index (κ3) is 10.4. The molecule has 21 heavy (non-hydrogen) atoms. The number of halogens is 1. The molecule has 2 N–H and O–H groups in total. The van der Waals surface area contributed by atoms with Crippen molar-refractivity contribution in [2.45, 2.75) is 58.1 Å². The molecule has 3 nitrogen and oxygen atoms in total. The molecule has 0 aromatic carbocycles. The fraction of sp³-hybridized carbons (Fsp3) is 0.750. The largest absolute Gasteiger partial charge is 0.389 e. The molecule has 1 rings (SSSR count). The molecule has 0 saturated heterocycles. The second-order valence-electron chi connectivity index (χ2n) is 5.36. The summed E-state index contributed by atoms with van der Waals surface area (Å²) < 4.78 is 6.63. The van der Waals surface area contributed by atoms with Gasteiger partial charge in [-0.25, -0.2) is 0 Å². The summed E-state index contributed by atoms with van der Waals surface area (Å²) in [5, 5.41) is 15.1. The van der Waals surface area contributed by atoms with Crippen LogP contribution in [0.1, 0.15) is 50.3 Å². The Hall–Kier alpha value is 0.0600. The summed E-state index contributed by atoms with van der Waals surface area (Å²) in [5.74, 6) is 0. The number of hydrogen-bond donors (Lipinski definition) is 2. The van der Waals surface area contributed by atoms with Gasteiger partial charge in [0, 0.05) is 34.4 Å². The normalized spacial score (nSPS) is 12.7. The topological polar surface area (TPSA) is 41.5 Å². The molecule has 1 heterocycles. The van der Waals surface area contributed by atoms with Crippen molar-refractivity contribution >= 4 is 27.3 Å². The van der Waals surface area contributed by atoms with Crippen LogP contribution in [-0.4, -0.2) is 31.0 Å². The van der Waals surface area contributed by atoms with E-state index < -0.39 is 6.10 Å². The van der Waals surface area contributed by atoms with Crippen LogP contribution in [-0.2, 0) is 11.3 Å². The van der Waals surface area contributed by atoms with Gasteiger partial charge in [-0.05, 0) is 28.4 Å². The van der Waals surface area contributed by atoms with E-state index in [4.69, 9.17) is 4.74 Å². The molecule has 0 saturated carbocycles. The molecule has 0 aliphatic rings. The summed E-state index contributed by atoms with van der Waals surface area (Å²) in [4.78, 5) is 1.27. The Morgan fingerprint density at radius 2 is 2.05 bits per heavy atom. The molecule has 5 heteroatoms. The van der Waals surface area contributed by atoms with Crippen LogP contribution >= 0.6 is 27.3 Å². The average molecular weight is 378 g/mol. The van der Waals surface area contributed by atoms with Gasteiger partial charge in [-0.2, -0.15) is 0 Å². The van der Waals surface area contributed by atoms with Crippen LogP contribution in [0, 0.1) is 0 Å². The zero-order chi connectivity index (χ0) is 15.3. The van der Waals surface area contributed by atoms with Crippen LogP contribution in [0.15, 0.2) is 15.9 Å². The van der Waals surface area contributed by atoms with Crippen molar-refractivity contribution in [2.24, 2.45) is 0 Å². The molecule has 1 atom stereocenters. The standard InChI is InChI=1S/C16H28BrNO2S/c1-2-3-4-5-6-7-8-20-12-15(19)10-18-11-16-9-14(17)13-21-16/h9,13,15,18-19H,2-8,10-12H2,1H3. The molecule has 1 unspecified atom stereocenters. The highest BCUT2D eigenvalue weighted by atomic mass is 79.9. The number of nitrogens with one attached hydrogen (secondary N) is 1. The first-order valence-electron chi connectivity index (χ1n) is 7.91. The van der Waals surface area contributed by atoms with Gasteiger partial charge >= 0.3 is 0 Å². The van der Waals surface area contributed by atoms with Crippen molar-refractivity contribution in [3.8, 4) is 0 Å². The number of rotatable bonds is 13. The minimum atomic E-state index is -0.423. The monoisotopic (exact) mass is 377 g/mol. The molecule has 0 amide bonds. The lowest BCUT2D eigenvalue weighted by molar-refractivity contribution is 0.0353. The molecule has 0 aliphatic carbocycles. The van der Waals surface area contributed by atoms with E-state index in [2.05, 4.69) is 39.6 Å². The minimum Gasteiger partial charge on any atom is -0.389 e. The highest BCUT2D eigenvalue weighted by molar-refractivity contribution is 9.10. The van der Waals surface area contributed by atoms with Crippen LogP contribution < -0.4 is 5.32 Å². The maximum Gasteiger partial charge on any atom is 0.0897 e. The van der Waals surface area contributed by atoms with Crippen molar-refractivity contribution < 1.29 is 9.84 Å². The first-order chi connectivity index (χ1) is 10.2. The fourth-order valence-electron chi connectivity index (χ4n) is 2.07. The van der Waals surface area contributed by atoms with Gasteiger partial charge in [-0.1, -0.05) is 39.0 Å². The van der Waals surface area contributed by atoms with E-state index in [1.807, 2.05) is 0 Å². The highest BCUT2D eigenvalue weighted by Crippen LogP contribution is 2.19. The summed E-state index contributed by atoms with van der Waals surface area (Å²) in [5.41, 5.74) is 0. The van der Waals surface area contributed by atoms with Crippen molar-refractivity contribution in [1.82, 2.24) is 5.32 Å². The number of aliphatic hydroxyl groups is 1. The van der Waals surface area contributed by atoms with E-state index >= 15 is 0 Å². The summed E-state index contributed by atoms with van der Waals surface area (Å²) >= 11 is 5.15. The third-order valence-corrected chi connectivity index (χ3v) is 4.95. The van der Waals surface area contributed by atoms with Gasteiger partial charge in [0.15, 0.2) is 0 Å². The van der Waals surface area contributed by atoms with Crippen LogP contribution in [0.4, 0.5) is 0 Å². The van der Waals surface area contributed by atoms with Gasteiger partial charge in [-0.15, -0.1) is 11.3 Å². The molecule has 0 aliphatic heterocycles. The van der Waals surface area contributed by atoms with Gasteiger partial charge in [0.1, 0.15) is 0 Å². The quantitative estimate of drug-likeness (QED) is 0.502. The molecule has 0 radical (unpaired) electrons. The molecule has 0 spiro atoms. The smallest absolute Gasteiger partial charge is 0.0897 e. The lowest BCUT2D eigenvalue weighted by Gasteiger charge is -2.12. The van der Waals surface area contributed by atoms with Crippen molar-refractivity contribution in [3.63, 3.8) is 0 Å². The van der Waals surface area contributed by atoms with Crippen LogP contribution in [0.25, 0.3) is 0 Å². The van der Waals surface area contributed by atoms with Gasteiger partial charge in [-0.3, -0.25) is 0 Å². The Morgan fingerprint density at radius 3 is 2.76 bits per heavy atom. The maximum absolute atomic E-state index is 9.81. The third-order valence-electron chi connectivity index (χ3n) is 3.25. The highest BCUT2D eigenvalue weighted by Gasteiger charge is 2.04. The molecule has 1 aromatic rings. The van der Waals surface area contributed by atoms with E-state index in [1.54, 1.807) is 11.3 Å². The lowest BCUT2D eigenvalue weighted by Crippen LogP contribution is -2.30. The average Bonchev–Trinajstić information content (AvgIpc) is 2.87. The predicted molar refractivity (Wildman–Crippen MR) is 93.9 cm³/mol. The molecule has 122 valence electrons. The number of aliphatic hydroxyl groups excluding tert-OH is 1. The lowest BCUT2D eigenvalue weighted by atomic mass is 10.1. The Labute approximate surface area is 141 Å². The van der Waals surface area contributed by atoms with Crippen LogP contribution in [0.3, 0.4) is 0 Å². The molecule has 1 aromatic heterocycles. The van der Waals surface area contributed by atoms with E-state index in [0.29, 0.717) is 13.2 Å². The van der Waals surface area contributed by atoms with Crippen LogP contribution in [0.5, 0.6) is 0 Å². The van der Waals surface area contributed by atoms with E-state index in [1.165, 1.54) is 37.0 Å². The Morgan fingerprint density at radius 1 is 1.29 bits per heavy atom. The van der Waals surface area contributed by atoms with Crippen molar-refractivity contribution in [1.29, 1.82) is 0 Å². The summed E-state index contributed by atoms with van der Waals surface area (Å²) in [6.07, 6.45) is 7.19. The van der Waals surface area contributed by atoms with E-state index in [0.717, 1.165) is 24.0 Å². The second kappa shape index (κ2) is 12.6. The number of hydrogen-bond acceptors (Lipinski definition) is 4. The van der Waals surface area contributed by atoms with Gasteiger partial charge in [0.05, 0.1) is 12.7 Å². The van der Waals surface area contributed by atoms with Crippen molar-refractivity contribution in [3.05, 3.63) is 20.8 Å². The Kier molecular flexibility index (Phi) is 11.5. The van der Waals surface area contributed by atoms with E-state index in [9.17, 15) is 5.11 Å². The molecule has 0 fully saturated rings.